The molecule has 0 radical (unpaired) electrons. The first-order valence-corrected chi connectivity index (χ1v) is 9.02. The molecular weight excluding hydrogens is 348 g/mol. The van der Waals surface area contributed by atoms with Gasteiger partial charge in [-0.15, -0.1) is 0 Å². The van der Waals surface area contributed by atoms with Gasteiger partial charge in [0.2, 0.25) is 0 Å². The summed E-state index contributed by atoms with van der Waals surface area (Å²) < 4.78 is 17.2. The fourth-order valence-corrected chi connectivity index (χ4v) is 4.12. The molecule has 0 aromatic heterocycles. The molecule has 1 saturated heterocycles. The minimum Gasteiger partial charge on any atom is -0.497 e. The zero-order valence-electron chi connectivity index (χ0n) is 15.1. The highest BCUT2D eigenvalue weighted by atomic mass is 32.1. The Morgan fingerprint density at radius 1 is 1.19 bits per heavy atom. The Bertz CT molecular complexity index is 839. The fourth-order valence-electron chi connectivity index (χ4n) is 3.72. The first-order valence-electron chi connectivity index (χ1n) is 8.61. The quantitative estimate of drug-likeness (QED) is 0.829. The lowest BCUT2D eigenvalue weighted by Crippen LogP contribution is -2.64. The van der Waals surface area contributed by atoms with E-state index in [1.165, 1.54) is 0 Å². The number of nitrogens with one attached hydrogen (secondary N) is 1. The van der Waals surface area contributed by atoms with Crippen molar-refractivity contribution < 1.29 is 14.2 Å². The second kappa shape index (κ2) is 6.36. The lowest BCUT2D eigenvalue weighted by atomic mass is 9.90. The van der Waals surface area contributed by atoms with E-state index in [-0.39, 0.29) is 6.04 Å². The van der Waals surface area contributed by atoms with Crippen LogP contribution < -0.4 is 19.5 Å². The third-order valence-corrected chi connectivity index (χ3v) is 5.46. The number of thiocarbonyl (C=S) groups is 1. The molecular formula is C20H22N2O3S. The third-order valence-electron chi connectivity index (χ3n) is 5.12. The molecule has 0 amide bonds. The van der Waals surface area contributed by atoms with Gasteiger partial charge in [0.05, 0.1) is 20.3 Å². The van der Waals surface area contributed by atoms with Crippen LogP contribution in [0.15, 0.2) is 42.5 Å². The molecule has 2 bridgehead atoms. The summed E-state index contributed by atoms with van der Waals surface area (Å²) in [6.45, 7) is 2.75. The lowest BCUT2D eigenvalue weighted by molar-refractivity contribution is -0.0736. The Morgan fingerprint density at radius 2 is 1.96 bits per heavy atom. The van der Waals surface area contributed by atoms with Crippen LogP contribution in [0, 0.1) is 0 Å². The molecule has 0 saturated carbocycles. The van der Waals surface area contributed by atoms with Crippen molar-refractivity contribution in [1.82, 2.24) is 10.2 Å². The zero-order valence-corrected chi connectivity index (χ0v) is 15.9. The zero-order chi connectivity index (χ0) is 18.3. The van der Waals surface area contributed by atoms with E-state index in [0.717, 1.165) is 34.8 Å². The van der Waals surface area contributed by atoms with E-state index in [1.807, 2.05) is 36.4 Å². The van der Waals surface area contributed by atoms with Crippen LogP contribution in [0.25, 0.3) is 0 Å². The summed E-state index contributed by atoms with van der Waals surface area (Å²) >= 11 is 5.67. The number of hydrogen-bond donors (Lipinski definition) is 1. The van der Waals surface area contributed by atoms with Crippen molar-refractivity contribution in [2.45, 2.75) is 31.7 Å². The largest absolute Gasteiger partial charge is 0.497 e. The predicted octanol–water partition coefficient (Wildman–Crippen LogP) is 3.63. The number of benzene rings is 2. The molecule has 0 spiro atoms. The van der Waals surface area contributed by atoms with Gasteiger partial charge in [-0.2, -0.15) is 0 Å². The molecule has 2 atom stereocenters. The Balaban J connectivity index is 1.66. The van der Waals surface area contributed by atoms with Crippen LogP contribution in [-0.2, 0) is 6.54 Å². The average molecular weight is 370 g/mol. The third kappa shape index (κ3) is 2.74. The van der Waals surface area contributed by atoms with Crippen molar-refractivity contribution in [2.24, 2.45) is 0 Å². The number of rotatable bonds is 4. The van der Waals surface area contributed by atoms with E-state index in [2.05, 4.69) is 23.2 Å². The molecule has 2 aromatic carbocycles. The van der Waals surface area contributed by atoms with Crippen molar-refractivity contribution in [3.8, 4) is 17.2 Å². The van der Waals surface area contributed by atoms with Gasteiger partial charge < -0.3 is 24.4 Å². The van der Waals surface area contributed by atoms with Crippen molar-refractivity contribution in [2.75, 3.05) is 14.2 Å². The summed E-state index contributed by atoms with van der Waals surface area (Å²) in [5, 5.41) is 4.17. The molecule has 1 fully saturated rings. The normalized spacial score (nSPS) is 23.6. The molecule has 2 aliphatic heterocycles. The van der Waals surface area contributed by atoms with E-state index in [9.17, 15) is 0 Å². The minimum atomic E-state index is -0.533. The van der Waals surface area contributed by atoms with Gasteiger partial charge in [-0.25, -0.2) is 0 Å². The topological polar surface area (TPSA) is 43.0 Å². The van der Waals surface area contributed by atoms with Crippen molar-refractivity contribution in [1.29, 1.82) is 0 Å². The number of para-hydroxylation sites is 1. The smallest absolute Gasteiger partial charge is 0.184 e. The summed E-state index contributed by atoms with van der Waals surface area (Å²) in [4.78, 5) is 2.11. The maximum atomic E-state index is 6.46. The highest BCUT2D eigenvalue weighted by Gasteiger charge is 2.48. The molecule has 5 nitrogen and oxygen atoms in total. The molecule has 136 valence electrons. The molecule has 1 N–H and O–H groups in total. The van der Waals surface area contributed by atoms with Crippen molar-refractivity contribution in [3.63, 3.8) is 0 Å². The minimum absolute atomic E-state index is 0.124. The van der Waals surface area contributed by atoms with E-state index in [1.54, 1.807) is 14.2 Å². The number of nitrogens with zero attached hydrogens (tertiary/aromatic N) is 1. The standard InChI is InChI=1S/C20H22N2O3S/c1-20-11-16(15-5-4-6-17(24-3)18(15)25-20)21-19(26)22(20)12-13-7-9-14(23-2)10-8-13/h4-10,16H,11-12H2,1-3H3,(H,21,26)/t16-,20+/m1/s1. The summed E-state index contributed by atoms with van der Waals surface area (Å²) in [6.07, 6.45) is 0.809. The number of hydrogen-bond acceptors (Lipinski definition) is 4. The molecule has 0 aliphatic carbocycles. The van der Waals surface area contributed by atoms with Crippen molar-refractivity contribution >= 4 is 17.3 Å². The summed E-state index contributed by atoms with van der Waals surface area (Å²) in [5.74, 6) is 2.38. The second-order valence-corrected chi connectivity index (χ2v) is 7.18. The number of methoxy groups -OCH3 is 2. The monoisotopic (exact) mass is 370 g/mol. The van der Waals surface area contributed by atoms with Crippen LogP contribution >= 0.6 is 12.2 Å². The lowest BCUT2D eigenvalue weighted by Gasteiger charge is -2.52. The van der Waals surface area contributed by atoms with Gasteiger partial charge in [-0.05, 0) is 42.9 Å². The Labute approximate surface area is 158 Å². The highest BCUT2D eigenvalue weighted by Crippen LogP contribution is 2.48. The van der Waals surface area contributed by atoms with Gasteiger partial charge in [0, 0.05) is 18.5 Å². The molecule has 0 unspecified atom stereocenters. The second-order valence-electron chi connectivity index (χ2n) is 6.80. The van der Waals surface area contributed by atoms with Gasteiger partial charge in [-0.3, -0.25) is 0 Å². The van der Waals surface area contributed by atoms with E-state index < -0.39 is 5.72 Å². The maximum Gasteiger partial charge on any atom is 0.184 e. The highest BCUT2D eigenvalue weighted by molar-refractivity contribution is 7.80. The Kier molecular flexibility index (Phi) is 4.15. The van der Waals surface area contributed by atoms with E-state index in [4.69, 9.17) is 26.4 Å². The number of fused-ring (bicyclic) bond motifs is 4. The molecule has 2 heterocycles. The fraction of sp³-hybridized carbons (Fsp3) is 0.350. The van der Waals surface area contributed by atoms with Crippen LogP contribution in [-0.4, -0.2) is 30.0 Å². The molecule has 26 heavy (non-hydrogen) atoms. The Hall–Kier alpha value is -2.47. The van der Waals surface area contributed by atoms with Crippen LogP contribution in [0.1, 0.15) is 30.5 Å². The van der Waals surface area contributed by atoms with Crippen LogP contribution in [0.5, 0.6) is 17.2 Å². The summed E-state index contributed by atoms with van der Waals surface area (Å²) in [6, 6.07) is 14.1. The summed E-state index contributed by atoms with van der Waals surface area (Å²) in [7, 11) is 3.33. The molecule has 2 aliphatic rings. The van der Waals surface area contributed by atoms with Gasteiger partial charge in [0.1, 0.15) is 5.75 Å². The first-order chi connectivity index (χ1) is 12.5. The molecule has 4 rings (SSSR count). The van der Waals surface area contributed by atoms with Crippen LogP contribution in [0.4, 0.5) is 0 Å². The molecule has 2 aromatic rings. The average Bonchev–Trinajstić information content (AvgIpc) is 2.65. The Morgan fingerprint density at radius 3 is 2.65 bits per heavy atom. The van der Waals surface area contributed by atoms with Gasteiger partial charge in [-0.1, -0.05) is 24.3 Å². The van der Waals surface area contributed by atoms with Gasteiger partial charge >= 0.3 is 0 Å². The predicted molar refractivity (Wildman–Crippen MR) is 104 cm³/mol. The first kappa shape index (κ1) is 17.0. The van der Waals surface area contributed by atoms with E-state index >= 15 is 0 Å². The van der Waals surface area contributed by atoms with Gasteiger partial charge in [0.15, 0.2) is 22.3 Å². The molecule has 6 heteroatoms. The number of ether oxygens (including phenoxy) is 3. The SMILES string of the molecule is COc1ccc(CN2C(=S)N[C@@H]3C[C@]2(C)Oc2c(OC)cccc23)cc1. The van der Waals surface area contributed by atoms with Crippen molar-refractivity contribution in [3.05, 3.63) is 53.6 Å². The van der Waals surface area contributed by atoms with Gasteiger partial charge in [0.25, 0.3) is 0 Å². The maximum absolute atomic E-state index is 6.46. The van der Waals surface area contributed by atoms with E-state index in [0.29, 0.717) is 11.7 Å². The van der Waals surface area contributed by atoms with Crippen LogP contribution in [0.3, 0.4) is 0 Å². The van der Waals surface area contributed by atoms with Crippen LogP contribution in [0.2, 0.25) is 0 Å². The summed E-state index contributed by atoms with van der Waals surface area (Å²) in [5.41, 5.74) is 1.70.